The van der Waals surface area contributed by atoms with Gasteiger partial charge in [-0.15, -0.1) is 0 Å². The van der Waals surface area contributed by atoms with Gasteiger partial charge in [0.15, 0.2) is 28.8 Å². The molecule has 0 saturated carbocycles. The van der Waals surface area contributed by atoms with Crippen LogP contribution < -0.4 is 4.74 Å². The van der Waals surface area contributed by atoms with Crippen molar-refractivity contribution >= 4 is 29.3 Å². The van der Waals surface area contributed by atoms with Crippen molar-refractivity contribution in [3.05, 3.63) is 124 Å². The van der Waals surface area contributed by atoms with E-state index in [0.717, 1.165) is 0 Å². The van der Waals surface area contributed by atoms with E-state index in [2.05, 4.69) is 0 Å². The minimum Gasteiger partial charge on any atom is -0.504 e. The Morgan fingerprint density at radius 2 is 1.19 bits per heavy atom. The molecular weight excluding hydrogens is 552 g/mol. The van der Waals surface area contributed by atoms with Crippen LogP contribution in [0.15, 0.2) is 84.9 Å². The minimum absolute atomic E-state index is 0.0244. The van der Waals surface area contributed by atoms with Crippen LogP contribution in [0.4, 0.5) is 0 Å². The molecule has 4 rings (SSSR count). The smallest absolute Gasteiger partial charge is 0.343 e. The van der Waals surface area contributed by atoms with Crippen LogP contribution in [0.3, 0.4) is 0 Å². The van der Waals surface area contributed by atoms with Gasteiger partial charge in [0.2, 0.25) is 5.75 Å². The third-order valence-corrected chi connectivity index (χ3v) is 6.58. The van der Waals surface area contributed by atoms with Crippen LogP contribution in [-0.4, -0.2) is 46.1 Å². The number of hydrogen-bond acceptors (Lipinski definition) is 9. The molecule has 2 N–H and O–H groups in total. The minimum atomic E-state index is -1.18. The van der Waals surface area contributed by atoms with Crippen LogP contribution in [0.25, 0.3) is 0 Å². The zero-order chi connectivity index (χ0) is 31.1. The van der Waals surface area contributed by atoms with Crippen molar-refractivity contribution in [1.82, 2.24) is 0 Å². The maximum Gasteiger partial charge on any atom is 0.343 e. The molecule has 4 aromatic carbocycles. The number of carbonyl (C=O) groups is 5. The summed E-state index contributed by atoms with van der Waals surface area (Å²) in [7, 11) is 0. The molecule has 0 aliphatic heterocycles. The van der Waals surface area contributed by atoms with Crippen molar-refractivity contribution in [2.75, 3.05) is 6.61 Å². The number of unbranched alkanes of at least 4 members (excludes halogenated alkanes) is 1. The fourth-order valence-electron chi connectivity index (χ4n) is 4.41. The number of hydrogen-bond donors (Lipinski definition) is 2. The summed E-state index contributed by atoms with van der Waals surface area (Å²) in [6.45, 7) is 3.01. The zero-order valence-electron chi connectivity index (χ0n) is 23.5. The number of phenolic OH excluding ortho intramolecular Hbond substituents is 2. The second-order valence-electron chi connectivity index (χ2n) is 9.52. The molecule has 43 heavy (non-hydrogen) atoms. The molecule has 0 aliphatic rings. The highest BCUT2D eigenvalue weighted by molar-refractivity contribution is 6.25. The lowest BCUT2D eigenvalue weighted by atomic mass is 9.87. The van der Waals surface area contributed by atoms with Crippen molar-refractivity contribution in [2.24, 2.45) is 0 Å². The molecule has 0 radical (unpaired) electrons. The molecule has 0 spiro atoms. The largest absolute Gasteiger partial charge is 0.504 e. The van der Waals surface area contributed by atoms with E-state index in [4.69, 9.17) is 9.47 Å². The molecule has 0 unspecified atom stereocenters. The van der Waals surface area contributed by atoms with Crippen LogP contribution in [-0.2, 0) is 4.74 Å². The molecule has 0 bridgehead atoms. The first-order valence-electron chi connectivity index (χ1n) is 13.5. The van der Waals surface area contributed by atoms with Crippen LogP contribution >= 0.6 is 0 Å². The van der Waals surface area contributed by atoms with Gasteiger partial charge in [0.05, 0.1) is 28.9 Å². The van der Waals surface area contributed by atoms with Crippen LogP contribution in [0, 0.1) is 0 Å². The van der Waals surface area contributed by atoms with Crippen LogP contribution in [0.5, 0.6) is 17.2 Å². The summed E-state index contributed by atoms with van der Waals surface area (Å²) in [6, 6.07) is 20.9. The van der Waals surface area contributed by atoms with Crippen LogP contribution in [0.1, 0.15) is 89.6 Å². The van der Waals surface area contributed by atoms with Crippen molar-refractivity contribution in [1.29, 1.82) is 0 Å². The summed E-state index contributed by atoms with van der Waals surface area (Å²) in [5, 5.41) is 22.4. The third kappa shape index (κ3) is 6.36. The molecule has 9 heteroatoms. The Hall–Kier alpha value is -5.57. The number of benzene rings is 4. The molecule has 0 aliphatic carbocycles. The molecule has 0 fully saturated rings. The summed E-state index contributed by atoms with van der Waals surface area (Å²) >= 11 is 0. The number of phenols is 2. The van der Waals surface area contributed by atoms with Gasteiger partial charge in [-0.25, -0.2) is 9.59 Å². The normalized spacial score (nSPS) is 10.6. The summed E-state index contributed by atoms with van der Waals surface area (Å²) in [5.74, 6) is -7.72. The Kier molecular flexibility index (Phi) is 9.47. The molecule has 9 nitrogen and oxygen atoms in total. The Bertz CT molecular complexity index is 1710. The number of Topliss-reactive ketones (excluding diaryl/α,β-unsaturated/α-hetero) is 1. The van der Waals surface area contributed by atoms with Gasteiger partial charge in [-0.3, -0.25) is 14.4 Å². The molecule has 4 aromatic rings. The molecule has 0 amide bonds. The van der Waals surface area contributed by atoms with Crippen molar-refractivity contribution < 1.29 is 43.7 Å². The van der Waals surface area contributed by atoms with Crippen molar-refractivity contribution in [3.8, 4) is 17.2 Å². The van der Waals surface area contributed by atoms with E-state index >= 15 is 0 Å². The maximum atomic E-state index is 14.3. The Labute approximate surface area is 247 Å². The number of rotatable bonds is 11. The summed E-state index contributed by atoms with van der Waals surface area (Å²) in [4.78, 5) is 67.3. The zero-order valence-corrected chi connectivity index (χ0v) is 23.5. The predicted octanol–water partition coefficient (Wildman–Crippen LogP) is 5.94. The highest BCUT2D eigenvalue weighted by Gasteiger charge is 2.38. The average molecular weight is 581 g/mol. The van der Waals surface area contributed by atoms with Gasteiger partial charge < -0.3 is 19.7 Å². The number of aromatic hydroxyl groups is 2. The summed E-state index contributed by atoms with van der Waals surface area (Å²) < 4.78 is 10.9. The summed E-state index contributed by atoms with van der Waals surface area (Å²) in [5.41, 5.74) is -2.35. The van der Waals surface area contributed by atoms with Gasteiger partial charge in [-0.05, 0) is 25.5 Å². The molecular formula is C34H28O9. The first kappa shape index (κ1) is 30.4. The van der Waals surface area contributed by atoms with E-state index in [0.29, 0.717) is 12.8 Å². The molecule has 0 aromatic heterocycles. The molecule has 0 saturated heterocycles. The second-order valence-corrected chi connectivity index (χ2v) is 9.52. The first-order valence-corrected chi connectivity index (χ1v) is 13.5. The van der Waals surface area contributed by atoms with E-state index in [1.807, 2.05) is 6.92 Å². The fraction of sp³-hybridized carbons (Fsp3) is 0.147. The topological polar surface area (TPSA) is 144 Å². The number of esters is 2. The van der Waals surface area contributed by atoms with Gasteiger partial charge >= 0.3 is 11.9 Å². The van der Waals surface area contributed by atoms with Gasteiger partial charge in [0, 0.05) is 16.7 Å². The van der Waals surface area contributed by atoms with E-state index in [1.54, 1.807) is 36.4 Å². The Morgan fingerprint density at radius 1 is 0.628 bits per heavy atom. The first-order chi connectivity index (χ1) is 20.7. The number of carbonyl (C=O) groups excluding carboxylic acids is 5. The molecule has 218 valence electrons. The van der Waals surface area contributed by atoms with E-state index in [1.165, 1.54) is 55.5 Å². The maximum absolute atomic E-state index is 14.3. The molecule has 0 heterocycles. The third-order valence-electron chi connectivity index (χ3n) is 6.58. The Balaban J connectivity index is 2.08. The van der Waals surface area contributed by atoms with E-state index in [-0.39, 0.29) is 28.9 Å². The highest BCUT2D eigenvalue weighted by Crippen LogP contribution is 2.46. The van der Waals surface area contributed by atoms with Gasteiger partial charge in [0.25, 0.3) is 0 Å². The van der Waals surface area contributed by atoms with Crippen molar-refractivity contribution in [3.63, 3.8) is 0 Å². The van der Waals surface area contributed by atoms with Gasteiger partial charge in [0.1, 0.15) is 0 Å². The number of ketones is 3. The summed E-state index contributed by atoms with van der Waals surface area (Å²) in [6.07, 6.45) is 1.10. The van der Waals surface area contributed by atoms with E-state index < -0.39 is 63.2 Å². The van der Waals surface area contributed by atoms with E-state index in [9.17, 15) is 34.2 Å². The predicted molar refractivity (Wildman–Crippen MR) is 156 cm³/mol. The monoisotopic (exact) mass is 580 g/mol. The average Bonchev–Trinajstić information content (AvgIpc) is 3.03. The lowest BCUT2D eigenvalue weighted by Gasteiger charge is -2.20. The Morgan fingerprint density at radius 3 is 1.77 bits per heavy atom. The SMILES string of the molecule is CCCCOC(=O)c1c(C(=O)c2ccccc2)c(O)c(O)c(OC(=O)c2ccccc2)c1C(=O)c1ccccc1C(C)=O. The lowest BCUT2D eigenvalue weighted by molar-refractivity contribution is 0.0491. The van der Waals surface area contributed by atoms with Gasteiger partial charge in [-0.2, -0.15) is 0 Å². The lowest BCUT2D eigenvalue weighted by Crippen LogP contribution is -2.22. The molecule has 0 atom stereocenters. The number of ether oxygens (including phenoxy) is 2. The quantitative estimate of drug-likeness (QED) is 0.0724. The fourth-order valence-corrected chi connectivity index (χ4v) is 4.41. The van der Waals surface area contributed by atoms with Crippen LogP contribution in [0.2, 0.25) is 0 Å². The van der Waals surface area contributed by atoms with Crippen molar-refractivity contribution in [2.45, 2.75) is 26.7 Å². The second kappa shape index (κ2) is 13.4. The van der Waals surface area contributed by atoms with Gasteiger partial charge in [-0.1, -0.05) is 86.1 Å². The highest BCUT2D eigenvalue weighted by atomic mass is 16.5. The standard InChI is InChI=1S/C34H28O9/c1-3-4-19-42-34(41)25-26(28(36)21-13-7-5-8-14-21)30(38)31(39)32(43-33(40)22-15-9-6-10-16-22)27(25)29(37)24-18-12-11-17-23(24)20(2)35/h5-18,38-39H,3-4,19H2,1-2H3.